The van der Waals surface area contributed by atoms with Gasteiger partial charge in [0.05, 0.1) is 13.2 Å². The quantitative estimate of drug-likeness (QED) is 0.447. The summed E-state index contributed by atoms with van der Waals surface area (Å²) in [6.45, 7) is 5.60. The van der Waals surface area contributed by atoms with Crippen LogP contribution in [-0.4, -0.2) is 18.6 Å². The van der Waals surface area contributed by atoms with E-state index in [9.17, 15) is 0 Å². The van der Waals surface area contributed by atoms with Crippen LogP contribution in [-0.2, 0) is 6.54 Å². The number of aliphatic imine (C=N–C) groups is 1. The minimum Gasteiger partial charge on any atom is -0.493 e. The lowest BCUT2D eigenvalue weighted by Gasteiger charge is -2.09. The zero-order valence-electron chi connectivity index (χ0n) is 12.1. The number of nitrogens with two attached hydrogens (primary N) is 1. The zero-order chi connectivity index (χ0) is 13.7. The molecule has 0 aromatic heterocycles. The van der Waals surface area contributed by atoms with E-state index < -0.39 is 0 Å². The molecule has 0 saturated heterocycles. The van der Waals surface area contributed by atoms with Crippen LogP contribution in [0.1, 0.15) is 32.3 Å². The van der Waals surface area contributed by atoms with Gasteiger partial charge in [0.15, 0.2) is 5.96 Å². The van der Waals surface area contributed by atoms with Crippen LogP contribution in [0.3, 0.4) is 0 Å². The summed E-state index contributed by atoms with van der Waals surface area (Å²) < 4.78 is 5.69. The molecule has 0 heterocycles. The number of nitrogens with zero attached hydrogens (tertiary/aromatic N) is 1. The highest BCUT2D eigenvalue weighted by Gasteiger charge is 2.21. The normalized spacial score (nSPS) is 14.8. The van der Waals surface area contributed by atoms with E-state index in [1.807, 2.05) is 24.3 Å². The first-order valence-corrected chi connectivity index (χ1v) is 6.91. The lowest BCUT2D eigenvalue weighted by atomic mass is 10.2. The molecule has 1 saturated carbocycles. The lowest BCUT2D eigenvalue weighted by Crippen LogP contribution is -2.33. The van der Waals surface area contributed by atoms with Gasteiger partial charge >= 0.3 is 0 Å². The minimum absolute atomic E-state index is 0. The first kappa shape index (κ1) is 17.1. The predicted molar refractivity (Wildman–Crippen MR) is 93.7 cm³/mol. The Balaban J connectivity index is 0.00000200. The van der Waals surface area contributed by atoms with Crippen LogP contribution < -0.4 is 15.8 Å². The highest BCUT2D eigenvalue weighted by Crippen LogP contribution is 2.18. The molecule has 112 valence electrons. The Morgan fingerprint density at radius 2 is 2.20 bits per heavy atom. The standard InChI is InChI=1S/C15H23N3O.HI/c1-11(2)10-19-14-5-3-4-12(8-14)9-17-15(16)18-13-6-7-13;/h3-5,8,11,13H,6-7,9-10H2,1-2H3,(H3,16,17,18);1H. The van der Waals surface area contributed by atoms with Crippen LogP contribution in [0.15, 0.2) is 29.3 Å². The molecule has 0 amide bonds. The van der Waals surface area contributed by atoms with Gasteiger partial charge in [-0.15, -0.1) is 24.0 Å². The highest BCUT2D eigenvalue weighted by molar-refractivity contribution is 14.0. The van der Waals surface area contributed by atoms with Crippen LogP contribution in [0, 0.1) is 5.92 Å². The van der Waals surface area contributed by atoms with E-state index in [4.69, 9.17) is 10.5 Å². The fraction of sp³-hybridized carbons (Fsp3) is 0.533. The summed E-state index contributed by atoms with van der Waals surface area (Å²) >= 11 is 0. The van der Waals surface area contributed by atoms with Crippen LogP contribution in [0.2, 0.25) is 0 Å². The monoisotopic (exact) mass is 389 g/mol. The average molecular weight is 389 g/mol. The van der Waals surface area contributed by atoms with Gasteiger partial charge in [-0.25, -0.2) is 4.99 Å². The number of halogens is 1. The molecule has 0 unspecified atom stereocenters. The van der Waals surface area contributed by atoms with Crippen LogP contribution >= 0.6 is 24.0 Å². The molecule has 0 bridgehead atoms. The molecule has 0 radical (unpaired) electrons. The maximum atomic E-state index is 5.81. The Hall–Kier alpha value is -0.980. The molecule has 1 aromatic carbocycles. The molecular weight excluding hydrogens is 365 g/mol. The lowest BCUT2D eigenvalue weighted by molar-refractivity contribution is 0.271. The zero-order valence-corrected chi connectivity index (χ0v) is 14.5. The van der Waals surface area contributed by atoms with E-state index in [1.165, 1.54) is 12.8 Å². The van der Waals surface area contributed by atoms with Crippen LogP contribution in [0.5, 0.6) is 5.75 Å². The van der Waals surface area contributed by atoms with E-state index >= 15 is 0 Å². The number of guanidine groups is 1. The largest absolute Gasteiger partial charge is 0.493 e. The molecule has 3 N–H and O–H groups in total. The van der Waals surface area contributed by atoms with Gasteiger partial charge in [-0.05, 0) is 36.5 Å². The second kappa shape index (κ2) is 8.34. The maximum absolute atomic E-state index is 5.81. The van der Waals surface area contributed by atoms with Crippen molar-refractivity contribution in [3.05, 3.63) is 29.8 Å². The highest BCUT2D eigenvalue weighted by atomic mass is 127. The fourth-order valence-electron chi connectivity index (χ4n) is 1.66. The van der Waals surface area contributed by atoms with Crippen molar-refractivity contribution in [2.45, 2.75) is 39.3 Å². The second-order valence-corrected chi connectivity index (χ2v) is 5.47. The Kier molecular flexibility index (Phi) is 7.12. The molecule has 20 heavy (non-hydrogen) atoms. The van der Waals surface area contributed by atoms with Gasteiger partial charge in [0.2, 0.25) is 0 Å². The molecule has 1 fully saturated rings. The van der Waals surface area contributed by atoms with Gasteiger partial charge in [-0.2, -0.15) is 0 Å². The maximum Gasteiger partial charge on any atom is 0.189 e. The van der Waals surface area contributed by atoms with Gasteiger partial charge in [0.1, 0.15) is 5.75 Å². The SMILES string of the molecule is CC(C)COc1cccc(CN=C(N)NC2CC2)c1.I. The molecule has 1 aliphatic rings. The van der Waals surface area contributed by atoms with E-state index in [-0.39, 0.29) is 24.0 Å². The van der Waals surface area contributed by atoms with Crippen molar-refractivity contribution in [2.24, 2.45) is 16.6 Å². The number of hydrogen-bond donors (Lipinski definition) is 2. The van der Waals surface area contributed by atoms with E-state index in [1.54, 1.807) is 0 Å². The average Bonchev–Trinajstić information content (AvgIpc) is 3.18. The Bertz CT molecular complexity index is 444. The predicted octanol–water partition coefficient (Wildman–Crippen LogP) is 2.91. The summed E-state index contributed by atoms with van der Waals surface area (Å²) in [4.78, 5) is 4.34. The first-order valence-electron chi connectivity index (χ1n) is 6.91. The fourth-order valence-corrected chi connectivity index (χ4v) is 1.66. The third-order valence-corrected chi connectivity index (χ3v) is 2.84. The van der Waals surface area contributed by atoms with Gasteiger partial charge < -0.3 is 15.8 Å². The molecule has 2 rings (SSSR count). The summed E-state index contributed by atoms with van der Waals surface area (Å²) in [5.74, 6) is 1.96. The molecule has 0 aliphatic heterocycles. The Morgan fingerprint density at radius 1 is 1.45 bits per heavy atom. The smallest absolute Gasteiger partial charge is 0.189 e. The van der Waals surface area contributed by atoms with Crippen molar-refractivity contribution in [3.8, 4) is 5.75 Å². The van der Waals surface area contributed by atoms with Crippen molar-refractivity contribution < 1.29 is 4.74 Å². The Labute approximate surface area is 138 Å². The van der Waals surface area contributed by atoms with Crippen LogP contribution in [0.4, 0.5) is 0 Å². The van der Waals surface area contributed by atoms with Gasteiger partial charge in [-0.3, -0.25) is 0 Å². The number of hydrogen-bond acceptors (Lipinski definition) is 2. The molecule has 0 atom stereocenters. The van der Waals surface area contributed by atoms with Gasteiger partial charge in [0.25, 0.3) is 0 Å². The summed E-state index contributed by atoms with van der Waals surface area (Å²) in [7, 11) is 0. The molecule has 5 heteroatoms. The van der Waals surface area contributed by atoms with Gasteiger partial charge in [0, 0.05) is 6.04 Å². The van der Waals surface area contributed by atoms with Crippen molar-refractivity contribution in [3.63, 3.8) is 0 Å². The van der Waals surface area contributed by atoms with E-state index in [0.717, 1.165) is 17.9 Å². The number of nitrogens with one attached hydrogen (secondary N) is 1. The van der Waals surface area contributed by atoms with Crippen LogP contribution in [0.25, 0.3) is 0 Å². The van der Waals surface area contributed by atoms with Crippen molar-refractivity contribution >= 4 is 29.9 Å². The molecule has 4 nitrogen and oxygen atoms in total. The van der Waals surface area contributed by atoms with Gasteiger partial charge in [-0.1, -0.05) is 26.0 Å². The molecular formula is C15H24IN3O. The van der Waals surface area contributed by atoms with Crippen molar-refractivity contribution in [1.29, 1.82) is 0 Å². The molecule has 1 aromatic rings. The first-order chi connectivity index (χ1) is 9.13. The third-order valence-electron chi connectivity index (χ3n) is 2.84. The topological polar surface area (TPSA) is 59.6 Å². The number of rotatable bonds is 6. The summed E-state index contributed by atoms with van der Waals surface area (Å²) in [6.07, 6.45) is 2.41. The Morgan fingerprint density at radius 3 is 2.85 bits per heavy atom. The summed E-state index contributed by atoms with van der Waals surface area (Å²) in [6, 6.07) is 8.57. The third kappa shape index (κ3) is 6.45. The molecule has 0 spiro atoms. The number of benzene rings is 1. The summed E-state index contributed by atoms with van der Waals surface area (Å²) in [5.41, 5.74) is 6.92. The van der Waals surface area contributed by atoms with Crippen molar-refractivity contribution in [2.75, 3.05) is 6.61 Å². The summed E-state index contributed by atoms with van der Waals surface area (Å²) in [5, 5.41) is 3.18. The molecule has 1 aliphatic carbocycles. The van der Waals surface area contributed by atoms with Crippen molar-refractivity contribution in [1.82, 2.24) is 5.32 Å². The minimum atomic E-state index is 0. The van der Waals surface area contributed by atoms with E-state index in [2.05, 4.69) is 24.2 Å². The van der Waals surface area contributed by atoms with E-state index in [0.29, 0.717) is 24.5 Å². The second-order valence-electron chi connectivity index (χ2n) is 5.47. The number of ether oxygens (including phenoxy) is 1.